The van der Waals surface area contributed by atoms with Gasteiger partial charge in [-0.15, -0.1) is 0 Å². The van der Waals surface area contributed by atoms with E-state index in [-0.39, 0.29) is 0 Å². The van der Waals surface area contributed by atoms with Crippen LogP contribution in [0.3, 0.4) is 0 Å². The van der Waals surface area contributed by atoms with Crippen molar-refractivity contribution in [2.24, 2.45) is 0 Å². The second-order valence-corrected chi connectivity index (χ2v) is 3.93. The van der Waals surface area contributed by atoms with Gasteiger partial charge >= 0.3 is 0 Å². The minimum atomic E-state index is 0.455. The third kappa shape index (κ3) is 2.24. The normalized spacial score (nSPS) is 10.9. The lowest BCUT2D eigenvalue weighted by atomic mass is 10.2. The molecule has 2 heterocycles. The molecule has 0 atom stereocenters. The maximum Gasteiger partial charge on any atom is 0.111 e. The number of hydrogen-bond acceptors (Lipinski definition) is 2. The van der Waals surface area contributed by atoms with Gasteiger partial charge in [0, 0.05) is 30.7 Å². The third-order valence-electron chi connectivity index (χ3n) is 2.34. The lowest BCUT2D eigenvalue weighted by molar-refractivity contribution is 0.668. The number of aromatic nitrogens is 3. The zero-order chi connectivity index (χ0) is 10.7. The Morgan fingerprint density at radius 1 is 1.33 bits per heavy atom. The molecule has 0 saturated carbocycles. The average Bonchev–Trinajstić information content (AvgIpc) is 2.67. The molecule has 0 aliphatic heterocycles. The summed E-state index contributed by atoms with van der Waals surface area (Å²) in [5.74, 6) is 1.58. The maximum absolute atomic E-state index is 4.35. The standard InChI is InChI=1S/C12H15N3/c1-10(2)12-14-6-7-15(12)9-11-4-3-5-13-8-11/h3-8,10H,9H2,1-2H3. The highest BCUT2D eigenvalue weighted by molar-refractivity contribution is 5.11. The highest BCUT2D eigenvalue weighted by atomic mass is 15.1. The van der Waals surface area contributed by atoms with Crippen LogP contribution in [-0.4, -0.2) is 14.5 Å². The van der Waals surface area contributed by atoms with Crippen LogP contribution >= 0.6 is 0 Å². The van der Waals surface area contributed by atoms with E-state index in [1.54, 1.807) is 6.20 Å². The van der Waals surface area contributed by atoms with Gasteiger partial charge in [-0.05, 0) is 11.6 Å². The van der Waals surface area contributed by atoms with Gasteiger partial charge in [0.15, 0.2) is 0 Å². The van der Waals surface area contributed by atoms with Gasteiger partial charge in [-0.3, -0.25) is 4.98 Å². The summed E-state index contributed by atoms with van der Waals surface area (Å²) in [7, 11) is 0. The minimum Gasteiger partial charge on any atom is -0.330 e. The first kappa shape index (κ1) is 9.90. The van der Waals surface area contributed by atoms with Gasteiger partial charge in [0.2, 0.25) is 0 Å². The Bertz CT molecular complexity index is 417. The largest absolute Gasteiger partial charge is 0.330 e. The smallest absolute Gasteiger partial charge is 0.111 e. The van der Waals surface area contributed by atoms with Crippen LogP contribution in [0.4, 0.5) is 0 Å². The Kier molecular flexibility index (Phi) is 2.81. The second-order valence-electron chi connectivity index (χ2n) is 3.93. The Labute approximate surface area is 89.8 Å². The van der Waals surface area contributed by atoms with Gasteiger partial charge in [0.1, 0.15) is 5.82 Å². The quantitative estimate of drug-likeness (QED) is 0.763. The van der Waals surface area contributed by atoms with Gasteiger partial charge in [0.25, 0.3) is 0 Å². The van der Waals surface area contributed by atoms with Gasteiger partial charge in [-0.1, -0.05) is 19.9 Å². The van der Waals surface area contributed by atoms with Crippen LogP contribution in [0.5, 0.6) is 0 Å². The van der Waals surface area contributed by atoms with Crippen LogP contribution in [0.2, 0.25) is 0 Å². The van der Waals surface area contributed by atoms with E-state index in [4.69, 9.17) is 0 Å². The summed E-state index contributed by atoms with van der Waals surface area (Å²) in [5.41, 5.74) is 1.21. The first-order chi connectivity index (χ1) is 7.27. The number of pyridine rings is 1. The Morgan fingerprint density at radius 2 is 2.20 bits per heavy atom. The van der Waals surface area contributed by atoms with Gasteiger partial charge in [0.05, 0.1) is 6.54 Å². The molecule has 78 valence electrons. The van der Waals surface area contributed by atoms with Crippen molar-refractivity contribution in [1.82, 2.24) is 14.5 Å². The van der Waals surface area contributed by atoms with Crippen LogP contribution in [0.25, 0.3) is 0 Å². The van der Waals surface area contributed by atoms with Crippen LogP contribution in [-0.2, 0) is 6.54 Å². The summed E-state index contributed by atoms with van der Waals surface area (Å²) in [6.45, 7) is 5.16. The molecule has 0 unspecified atom stereocenters. The molecule has 3 nitrogen and oxygen atoms in total. The van der Waals surface area contributed by atoms with Crippen molar-refractivity contribution in [2.45, 2.75) is 26.3 Å². The monoisotopic (exact) mass is 201 g/mol. The average molecular weight is 201 g/mol. The van der Waals surface area contributed by atoms with E-state index >= 15 is 0 Å². The summed E-state index contributed by atoms with van der Waals surface area (Å²) in [6.07, 6.45) is 7.55. The fourth-order valence-electron chi connectivity index (χ4n) is 1.64. The Hall–Kier alpha value is -1.64. The van der Waals surface area contributed by atoms with E-state index in [1.165, 1.54) is 5.56 Å². The van der Waals surface area contributed by atoms with Crippen molar-refractivity contribution in [3.05, 3.63) is 48.3 Å². The first-order valence-corrected chi connectivity index (χ1v) is 5.17. The highest BCUT2D eigenvalue weighted by Gasteiger charge is 2.06. The van der Waals surface area contributed by atoms with E-state index in [2.05, 4.69) is 34.4 Å². The summed E-state index contributed by atoms with van der Waals surface area (Å²) >= 11 is 0. The first-order valence-electron chi connectivity index (χ1n) is 5.17. The molecule has 0 amide bonds. The minimum absolute atomic E-state index is 0.455. The Balaban J connectivity index is 2.21. The lowest BCUT2D eigenvalue weighted by Crippen LogP contribution is -2.05. The number of nitrogens with zero attached hydrogens (tertiary/aromatic N) is 3. The topological polar surface area (TPSA) is 30.7 Å². The number of imidazole rings is 1. The van der Waals surface area contributed by atoms with Crippen molar-refractivity contribution in [3.8, 4) is 0 Å². The molecule has 2 aromatic rings. The molecule has 2 rings (SSSR count). The molecular weight excluding hydrogens is 186 g/mol. The highest BCUT2D eigenvalue weighted by Crippen LogP contribution is 2.13. The second kappa shape index (κ2) is 4.26. The molecule has 0 radical (unpaired) electrons. The molecule has 3 heteroatoms. The molecule has 2 aromatic heterocycles. The third-order valence-corrected chi connectivity index (χ3v) is 2.34. The molecule has 0 spiro atoms. The van der Waals surface area contributed by atoms with Crippen LogP contribution in [0.15, 0.2) is 36.9 Å². The molecule has 0 N–H and O–H groups in total. The number of rotatable bonds is 3. The molecule has 15 heavy (non-hydrogen) atoms. The van der Waals surface area contributed by atoms with Crippen LogP contribution < -0.4 is 0 Å². The van der Waals surface area contributed by atoms with Crippen molar-refractivity contribution in [1.29, 1.82) is 0 Å². The van der Waals surface area contributed by atoms with Crippen LogP contribution in [0, 0.1) is 0 Å². The maximum atomic E-state index is 4.35. The zero-order valence-corrected chi connectivity index (χ0v) is 9.09. The summed E-state index contributed by atoms with van der Waals surface area (Å²) in [4.78, 5) is 8.46. The Morgan fingerprint density at radius 3 is 2.87 bits per heavy atom. The molecule has 0 aliphatic rings. The molecule has 0 bridgehead atoms. The molecule has 0 aromatic carbocycles. The van der Waals surface area contributed by atoms with Gasteiger partial charge < -0.3 is 4.57 Å². The van der Waals surface area contributed by atoms with Gasteiger partial charge in [-0.25, -0.2) is 4.98 Å². The van der Waals surface area contributed by atoms with Gasteiger partial charge in [-0.2, -0.15) is 0 Å². The molecule has 0 saturated heterocycles. The zero-order valence-electron chi connectivity index (χ0n) is 9.09. The van der Waals surface area contributed by atoms with E-state index < -0.39 is 0 Å². The van der Waals surface area contributed by atoms with E-state index in [0.29, 0.717) is 5.92 Å². The fourth-order valence-corrected chi connectivity index (χ4v) is 1.64. The molecular formula is C12H15N3. The van der Waals surface area contributed by atoms with Crippen molar-refractivity contribution in [3.63, 3.8) is 0 Å². The summed E-state index contributed by atoms with van der Waals surface area (Å²) in [6, 6.07) is 4.04. The number of hydrogen-bond donors (Lipinski definition) is 0. The predicted molar refractivity (Wildman–Crippen MR) is 59.7 cm³/mol. The lowest BCUT2D eigenvalue weighted by Gasteiger charge is -2.09. The SMILES string of the molecule is CC(C)c1nccn1Cc1cccnc1. The van der Waals surface area contributed by atoms with Crippen molar-refractivity contribution < 1.29 is 0 Å². The predicted octanol–water partition coefficient (Wildman–Crippen LogP) is 2.45. The van der Waals surface area contributed by atoms with E-state index in [1.807, 2.05) is 24.7 Å². The fraction of sp³-hybridized carbons (Fsp3) is 0.333. The summed E-state index contributed by atoms with van der Waals surface area (Å²) < 4.78 is 2.17. The van der Waals surface area contributed by atoms with E-state index in [0.717, 1.165) is 12.4 Å². The summed E-state index contributed by atoms with van der Waals surface area (Å²) in [5, 5.41) is 0. The van der Waals surface area contributed by atoms with Crippen molar-refractivity contribution >= 4 is 0 Å². The van der Waals surface area contributed by atoms with Crippen molar-refractivity contribution in [2.75, 3.05) is 0 Å². The van der Waals surface area contributed by atoms with Crippen LogP contribution in [0.1, 0.15) is 31.2 Å². The van der Waals surface area contributed by atoms with E-state index in [9.17, 15) is 0 Å². The molecule has 0 aliphatic carbocycles. The molecule has 0 fully saturated rings.